The predicted octanol–water partition coefficient (Wildman–Crippen LogP) is 1.33. The minimum atomic E-state index is -0.823. The molecule has 1 heterocycles. The van der Waals surface area contributed by atoms with Gasteiger partial charge in [-0.1, -0.05) is 19.9 Å². The van der Waals surface area contributed by atoms with Gasteiger partial charge in [0.2, 0.25) is 0 Å². The van der Waals surface area contributed by atoms with Gasteiger partial charge in [0.05, 0.1) is 17.4 Å². The van der Waals surface area contributed by atoms with Crippen LogP contribution in [0.15, 0.2) is 12.2 Å². The first-order valence-corrected chi connectivity index (χ1v) is 6.98. The molecule has 3 aliphatic rings. The molecule has 0 aromatic rings. The van der Waals surface area contributed by atoms with Crippen molar-refractivity contribution < 1.29 is 19.4 Å². The molecule has 7 atom stereocenters. The summed E-state index contributed by atoms with van der Waals surface area (Å²) >= 11 is 0. The van der Waals surface area contributed by atoms with Crippen molar-refractivity contribution in [3.05, 3.63) is 12.2 Å². The second kappa shape index (κ2) is 3.92. The van der Waals surface area contributed by atoms with Gasteiger partial charge in [0.15, 0.2) is 5.78 Å². The van der Waals surface area contributed by atoms with Crippen LogP contribution in [0.25, 0.3) is 0 Å². The summed E-state index contributed by atoms with van der Waals surface area (Å²) in [5.74, 6) is -0.627. The smallest absolute Gasteiger partial charge is 0.309 e. The molecule has 0 bridgehead atoms. The number of hydrogen-bond donors (Lipinski definition) is 1. The van der Waals surface area contributed by atoms with Gasteiger partial charge in [-0.3, -0.25) is 9.59 Å². The summed E-state index contributed by atoms with van der Waals surface area (Å²) in [4.78, 5) is 24.0. The molecule has 19 heavy (non-hydrogen) atoms. The Hall–Kier alpha value is -1.16. The molecular formula is C15H20O4. The number of aliphatic hydroxyl groups excluding tert-OH is 1. The van der Waals surface area contributed by atoms with Crippen LogP contribution in [-0.2, 0) is 14.3 Å². The van der Waals surface area contributed by atoms with E-state index in [1.54, 1.807) is 13.0 Å². The highest BCUT2D eigenvalue weighted by Gasteiger charge is 2.60. The Morgan fingerprint density at radius 1 is 1.37 bits per heavy atom. The van der Waals surface area contributed by atoms with Crippen LogP contribution in [0, 0.1) is 29.1 Å². The average molecular weight is 264 g/mol. The fourth-order valence-electron chi connectivity index (χ4n) is 4.27. The third-order valence-corrected chi connectivity index (χ3v) is 5.52. The standard InChI is InChI=1S/C15H20O4/c1-7-6-10-12(8(2)14(18)19-10)13(17)15(3)9(7)4-5-11(15)16/h4-5,7-10,12-13,17H,6H2,1-3H3/t7-,8+,9+,10+,12-,13-,15+/m1/s1. The number of esters is 1. The lowest BCUT2D eigenvalue weighted by Crippen LogP contribution is -2.47. The molecule has 0 amide bonds. The van der Waals surface area contributed by atoms with Crippen molar-refractivity contribution in [3.8, 4) is 0 Å². The van der Waals surface area contributed by atoms with Crippen LogP contribution in [0.3, 0.4) is 0 Å². The van der Waals surface area contributed by atoms with Crippen molar-refractivity contribution in [2.45, 2.75) is 39.4 Å². The van der Waals surface area contributed by atoms with E-state index in [1.165, 1.54) is 0 Å². The molecule has 1 saturated carbocycles. The lowest BCUT2D eigenvalue weighted by Gasteiger charge is -2.37. The van der Waals surface area contributed by atoms with E-state index >= 15 is 0 Å². The molecule has 3 rings (SSSR count). The van der Waals surface area contributed by atoms with E-state index in [-0.39, 0.29) is 41.5 Å². The van der Waals surface area contributed by atoms with Crippen molar-refractivity contribution in [3.63, 3.8) is 0 Å². The van der Waals surface area contributed by atoms with E-state index in [9.17, 15) is 14.7 Å². The maximum atomic E-state index is 12.2. The molecule has 4 heteroatoms. The van der Waals surface area contributed by atoms with Crippen LogP contribution in [0.5, 0.6) is 0 Å². The van der Waals surface area contributed by atoms with E-state index in [0.29, 0.717) is 0 Å². The van der Waals surface area contributed by atoms with Crippen LogP contribution in [0.1, 0.15) is 27.2 Å². The zero-order valence-corrected chi connectivity index (χ0v) is 11.5. The summed E-state index contributed by atoms with van der Waals surface area (Å²) in [5, 5.41) is 10.8. The zero-order valence-electron chi connectivity index (χ0n) is 11.5. The first-order valence-electron chi connectivity index (χ1n) is 6.98. The van der Waals surface area contributed by atoms with Crippen molar-refractivity contribution in [1.82, 2.24) is 0 Å². The van der Waals surface area contributed by atoms with Gasteiger partial charge >= 0.3 is 5.97 Å². The second-order valence-electron chi connectivity index (χ2n) is 6.53. The Morgan fingerprint density at radius 3 is 2.74 bits per heavy atom. The molecule has 1 aliphatic heterocycles. The van der Waals surface area contributed by atoms with Gasteiger partial charge in [0, 0.05) is 5.92 Å². The highest BCUT2D eigenvalue weighted by Crippen LogP contribution is 2.53. The average Bonchev–Trinajstić information content (AvgIpc) is 2.77. The lowest BCUT2D eigenvalue weighted by molar-refractivity contribution is -0.144. The Bertz CT molecular complexity index is 469. The largest absolute Gasteiger partial charge is 0.462 e. The van der Waals surface area contributed by atoms with E-state index < -0.39 is 11.5 Å². The van der Waals surface area contributed by atoms with Crippen molar-refractivity contribution >= 4 is 11.8 Å². The molecular weight excluding hydrogens is 244 g/mol. The van der Waals surface area contributed by atoms with Crippen LogP contribution in [0.4, 0.5) is 0 Å². The number of fused-ring (bicyclic) bond motifs is 2. The van der Waals surface area contributed by atoms with Gasteiger partial charge in [-0.2, -0.15) is 0 Å². The minimum absolute atomic E-state index is 0.0240. The van der Waals surface area contributed by atoms with Gasteiger partial charge in [-0.05, 0) is 31.3 Å². The molecule has 0 spiro atoms. The van der Waals surface area contributed by atoms with Gasteiger partial charge < -0.3 is 9.84 Å². The number of hydrogen-bond acceptors (Lipinski definition) is 4. The summed E-state index contributed by atoms with van der Waals surface area (Å²) in [6.07, 6.45) is 3.15. The number of ether oxygens (including phenoxy) is 1. The number of rotatable bonds is 0. The quantitative estimate of drug-likeness (QED) is 0.670. The van der Waals surface area contributed by atoms with Crippen LogP contribution in [0.2, 0.25) is 0 Å². The van der Waals surface area contributed by atoms with Gasteiger partial charge in [-0.15, -0.1) is 0 Å². The normalized spacial score (nSPS) is 52.6. The van der Waals surface area contributed by atoms with Crippen molar-refractivity contribution in [1.29, 1.82) is 0 Å². The number of carbonyl (C=O) groups is 2. The number of carbonyl (C=O) groups excluding carboxylic acids is 2. The first-order chi connectivity index (χ1) is 8.87. The van der Waals surface area contributed by atoms with Crippen molar-refractivity contribution in [2.75, 3.05) is 0 Å². The fourth-order valence-corrected chi connectivity index (χ4v) is 4.27. The third kappa shape index (κ3) is 1.49. The summed E-state index contributed by atoms with van der Waals surface area (Å²) in [6, 6.07) is 0. The Labute approximate surface area is 112 Å². The van der Waals surface area contributed by atoms with E-state index in [4.69, 9.17) is 4.74 Å². The maximum Gasteiger partial charge on any atom is 0.309 e. The zero-order chi connectivity index (χ0) is 13.9. The highest BCUT2D eigenvalue weighted by molar-refractivity contribution is 5.98. The Balaban J connectivity index is 2.06. The summed E-state index contributed by atoms with van der Waals surface area (Å²) in [6.45, 7) is 5.69. The second-order valence-corrected chi connectivity index (χ2v) is 6.53. The van der Waals surface area contributed by atoms with E-state index in [1.807, 2.05) is 13.0 Å². The van der Waals surface area contributed by atoms with Crippen LogP contribution in [-0.4, -0.2) is 29.1 Å². The van der Waals surface area contributed by atoms with Crippen LogP contribution >= 0.6 is 0 Å². The summed E-state index contributed by atoms with van der Waals surface area (Å²) in [5.41, 5.74) is -0.804. The molecule has 0 aromatic heterocycles. The molecule has 1 N–H and O–H groups in total. The van der Waals surface area contributed by atoms with Crippen molar-refractivity contribution in [2.24, 2.45) is 29.1 Å². The molecule has 0 aromatic carbocycles. The van der Waals surface area contributed by atoms with E-state index in [0.717, 1.165) is 6.42 Å². The molecule has 0 radical (unpaired) electrons. The number of ketones is 1. The minimum Gasteiger partial charge on any atom is -0.462 e. The van der Waals surface area contributed by atoms with Crippen LogP contribution < -0.4 is 0 Å². The van der Waals surface area contributed by atoms with E-state index in [2.05, 4.69) is 6.92 Å². The summed E-state index contributed by atoms with van der Waals surface area (Å²) < 4.78 is 5.41. The first kappa shape index (κ1) is 12.9. The molecule has 104 valence electrons. The number of allylic oxidation sites excluding steroid dienone is 2. The molecule has 4 nitrogen and oxygen atoms in total. The monoisotopic (exact) mass is 264 g/mol. The lowest BCUT2D eigenvalue weighted by atomic mass is 9.67. The highest BCUT2D eigenvalue weighted by atomic mass is 16.6. The molecule has 1 saturated heterocycles. The summed E-state index contributed by atoms with van der Waals surface area (Å²) in [7, 11) is 0. The molecule has 0 unspecified atom stereocenters. The molecule has 2 fully saturated rings. The van der Waals surface area contributed by atoms with Gasteiger partial charge in [0.1, 0.15) is 6.10 Å². The van der Waals surface area contributed by atoms with Gasteiger partial charge in [0.25, 0.3) is 0 Å². The van der Waals surface area contributed by atoms with Gasteiger partial charge in [-0.25, -0.2) is 0 Å². The maximum absolute atomic E-state index is 12.2. The number of aliphatic hydroxyl groups is 1. The predicted molar refractivity (Wildman–Crippen MR) is 68.1 cm³/mol. The Morgan fingerprint density at radius 2 is 2.05 bits per heavy atom. The SMILES string of the molecule is C[C@@H]1C[C@@H]2OC(=O)[C@@H](C)[C@H]2[C@@H](O)[C@]2(C)C(=O)C=C[C@@H]12. The topological polar surface area (TPSA) is 63.6 Å². The Kier molecular flexibility index (Phi) is 2.65. The fraction of sp³-hybridized carbons (Fsp3) is 0.733. The third-order valence-electron chi connectivity index (χ3n) is 5.52. The molecule has 2 aliphatic carbocycles.